The molecule has 1 aromatic heterocycles. The van der Waals surface area contributed by atoms with Crippen molar-refractivity contribution in [3.05, 3.63) is 59.4 Å². The van der Waals surface area contributed by atoms with Crippen molar-refractivity contribution in [1.29, 1.82) is 0 Å². The second kappa shape index (κ2) is 6.23. The second-order valence-corrected chi connectivity index (χ2v) is 5.61. The Bertz CT molecular complexity index is 660. The molecule has 1 saturated heterocycles. The normalized spacial score (nSPS) is 21.6. The van der Waals surface area contributed by atoms with E-state index in [-0.39, 0.29) is 18.1 Å². The highest BCUT2D eigenvalue weighted by atomic mass is 16.5. The van der Waals surface area contributed by atoms with Gasteiger partial charge in [0.15, 0.2) is 0 Å². The van der Waals surface area contributed by atoms with Gasteiger partial charge in [0.1, 0.15) is 0 Å². The van der Waals surface area contributed by atoms with E-state index in [0.29, 0.717) is 18.7 Å². The molecule has 1 amide bonds. The number of aryl methyl sites for hydroxylation is 1. The van der Waals surface area contributed by atoms with E-state index in [1.165, 1.54) is 6.20 Å². The summed E-state index contributed by atoms with van der Waals surface area (Å²) in [6.45, 7) is 4.89. The average molecular weight is 297 g/mol. The highest BCUT2D eigenvalue weighted by molar-refractivity contribution is 5.94. The van der Waals surface area contributed by atoms with Crippen LogP contribution in [0, 0.1) is 6.92 Å². The van der Waals surface area contributed by atoms with Gasteiger partial charge in [-0.1, -0.05) is 30.3 Å². The van der Waals surface area contributed by atoms with Gasteiger partial charge in [-0.25, -0.2) is 0 Å². The number of aromatic nitrogens is 2. The number of rotatable bonds is 2. The van der Waals surface area contributed by atoms with Crippen LogP contribution in [0.2, 0.25) is 0 Å². The van der Waals surface area contributed by atoms with Gasteiger partial charge in [0, 0.05) is 6.54 Å². The summed E-state index contributed by atoms with van der Waals surface area (Å²) < 4.78 is 5.76. The van der Waals surface area contributed by atoms with E-state index in [1.807, 2.05) is 49.1 Å². The fraction of sp³-hybridized carbons (Fsp3) is 0.353. The lowest BCUT2D eigenvalue weighted by atomic mass is 10.0. The van der Waals surface area contributed by atoms with Gasteiger partial charge in [-0.3, -0.25) is 4.79 Å². The van der Waals surface area contributed by atoms with Crippen molar-refractivity contribution in [1.82, 2.24) is 15.1 Å². The Labute approximate surface area is 129 Å². The molecule has 0 bridgehead atoms. The van der Waals surface area contributed by atoms with Crippen molar-refractivity contribution in [2.75, 3.05) is 13.2 Å². The third-order valence-electron chi connectivity index (χ3n) is 3.84. The molecule has 1 aliphatic heterocycles. The Kier molecular flexibility index (Phi) is 4.15. The Morgan fingerprint density at radius 3 is 2.82 bits per heavy atom. The predicted octanol–water partition coefficient (Wildman–Crippen LogP) is 2.39. The maximum absolute atomic E-state index is 12.9. The van der Waals surface area contributed by atoms with E-state index in [2.05, 4.69) is 10.2 Å². The maximum Gasteiger partial charge on any atom is 0.256 e. The topological polar surface area (TPSA) is 55.3 Å². The molecule has 1 aliphatic rings. The van der Waals surface area contributed by atoms with Crippen molar-refractivity contribution < 1.29 is 9.53 Å². The average Bonchev–Trinajstić information content (AvgIpc) is 2.55. The van der Waals surface area contributed by atoms with Crippen molar-refractivity contribution in [2.45, 2.75) is 26.0 Å². The maximum atomic E-state index is 12.9. The molecule has 5 nitrogen and oxygen atoms in total. The van der Waals surface area contributed by atoms with E-state index in [9.17, 15) is 4.79 Å². The molecule has 2 atom stereocenters. The summed E-state index contributed by atoms with van der Waals surface area (Å²) >= 11 is 0. The molecule has 22 heavy (non-hydrogen) atoms. The van der Waals surface area contributed by atoms with Gasteiger partial charge in [-0.2, -0.15) is 10.2 Å². The first-order valence-corrected chi connectivity index (χ1v) is 7.42. The SMILES string of the molecule is Cc1cc(C(=O)N2CC(C)OCC2c2ccccc2)cnn1. The summed E-state index contributed by atoms with van der Waals surface area (Å²) in [5.41, 5.74) is 2.40. The Morgan fingerprint density at radius 2 is 2.09 bits per heavy atom. The van der Waals surface area contributed by atoms with Gasteiger partial charge < -0.3 is 9.64 Å². The van der Waals surface area contributed by atoms with Crippen LogP contribution < -0.4 is 0 Å². The fourth-order valence-electron chi connectivity index (χ4n) is 2.73. The lowest BCUT2D eigenvalue weighted by Gasteiger charge is -2.39. The number of benzene rings is 1. The van der Waals surface area contributed by atoms with Gasteiger partial charge in [-0.05, 0) is 25.5 Å². The lowest BCUT2D eigenvalue weighted by Crippen LogP contribution is -2.46. The number of ether oxygens (including phenoxy) is 1. The quantitative estimate of drug-likeness (QED) is 0.854. The van der Waals surface area contributed by atoms with Gasteiger partial charge >= 0.3 is 0 Å². The molecule has 0 radical (unpaired) electrons. The van der Waals surface area contributed by atoms with E-state index in [0.717, 1.165) is 11.3 Å². The second-order valence-electron chi connectivity index (χ2n) is 5.61. The molecular weight excluding hydrogens is 278 g/mol. The van der Waals surface area contributed by atoms with Crippen LogP contribution in [0.5, 0.6) is 0 Å². The molecule has 0 N–H and O–H groups in total. The number of hydrogen-bond donors (Lipinski definition) is 0. The summed E-state index contributed by atoms with van der Waals surface area (Å²) in [5.74, 6) is -0.0259. The zero-order valence-electron chi connectivity index (χ0n) is 12.8. The number of carbonyl (C=O) groups excluding carboxylic acids is 1. The highest BCUT2D eigenvalue weighted by Crippen LogP contribution is 2.27. The van der Waals surface area contributed by atoms with E-state index < -0.39 is 0 Å². The van der Waals surface area contributed by atoms with Crippen LogP contribution in [-0.2, 0) is 4.74 Å². The molecule has 0 saturated carbocycles. The molecule has 0 aliphatic carbocycles. The monoisotopic (exact) mass is 297 g/mol. The Hall–Kier alpha value is -2.27. The minimum absolute atomic E-state index is 0.0259. The first-order chi connectivity index (χ1) is 10.6. The lowest BCUT2D eigenvalue weighted by molar-refractivity contribution is -0.0447. The largest absolute Gasteiger partial charge is 0.374 e. The van der Waals surface area contributed by atoms with E-state index >= 15 is 0 Å². The molecule has 114 valence electrons. The van der Waals surface area contributed by atoms with Crippen molar-refractivity contribution >= 4 is 5.91 Å². The van der Waals surface area contributed by atoms with Crippen LogP contribution in [0.25, 0.3) is 0 Å². The number of nitrogens with zero attached hydrogens (tertiary/aromatic N) is 3. The molecule has 1 aromatic carbocycles. The summed E-state index contributed by atoms with van der Waals surface area (Å²) in [7, 11) is 0. The summed E-state index contributed by atoms with van der Waals surface area (Å²) in [6.07, 6.45) is 1.55. The van der Waals surface area contributed by atoms with E-state index in [4.69, 9.17) is 4.74 Å². The molecule has 2 heterocycles. The fourth-order valence-corrected chi connectivity index (χ4v) is 2.73. The van der Waals surface area contributed by atoms with Crippen molar-refractivity contribution in [2.24, 2.45) is 0 Å². The Morgan fingerprint density at radius 1 is 1.32 bits per heavy atom. The van der Waals surface area contributed by atoms with Gasteiger partial charge in [0.05, 0.1) is 36.2 Å². The van der Waals surface area contributed by atoms with E-state index in [1.54, 1.807) is 6.07 Å². The Balaban J connectivity index is 1.92. The minimum Gasteiger partial charge on any atom is -0.374 e. The van der Waals surface area contributed by atoms with Crippen LogP contribution in [0.15, 0.2) is 42.6 Å². The number of morpholine rings is 1. The predicted molar refractivity (Wildman–Crippen MR) is 82.4 cm³/mol. The minimum atomic E-state index is -0.0710. The molecule has 2 unspecified atom stereocenters. The van der Waals surface area contributed by atoms with Gasteiger partial charge in [0.25, 0.3) is 5.91 Å². The van der Waals surface area contributed by atoms with Crippen LogP contribution in [0.4, 0.5) is 0 Å². The third kappa shape index (κ3) is 2.99. The van der Waals surface area contributed by atoms with Gasteiger partial charge in [-0.15, -0.1) is 0 Å². The zero-order chi connectivity index (χ0) is 15.5. The number of carbonyl (C=O) groups is 1. The van der Waals surface area contributed by atoms with Crippen LogP contribution in [0.3, 0.4) is 0 Å². The van der Waals surface area contributed by atoms with Gasteiger partial charge in [0.2, 0.25) is 0 Å². The first-order valence-electron chi connectivity index (χ1n) is 7.42. The van der Waals surface area contributed by atoms with Crippen molar-refractivity contribution in [3.8, 4) is 0 Å². The summed E-state index contributed by atoms with van der Waals surface area (Å²) in [4.78, 5) is 14.8. The van der Waals surface area contributed by atoms with Crippen LogP contribution in [-0.4, -0.2) is 40.3 Å². The van der Waals surface area contributed by atoms with Crippen LogP contribution >= 0.6 is 0 Å². The molecule has 1 fully saturated rings. The molecule has 2 aromatic rings. The summed E-state index contributed by atoms with van der Waals surface area (Å²) in [5, 5.41) is 7.80. The number of amides is 1. The zero-order valence-corrected chi connectivity index (χ0v) is 12.8. The molecular formula is C17H19N3O2. The summed E-state index contributed by atoms with van der Waals surface area (Å²) in [6, 6.07) is 11.7. The highest BCUT2D eigenvalue weighted by Gasteiger charge is 2.32. The standard InChI is InChI=1S/C17H19N3O2/c1-12-8-15(9-18-19-12)17(21)20-10-13(2)22-11-16(20)14-6-4-3-5-7-14/h3-9,13,16H,10-11H2,1-2H3. The first kappa shape index (κ1) is 14.7. The smallest absolute Gasteiger partial charge is 0.256 e. The molecule has 0 spiro atoms. The van der Waals surface area contributed by atoms with Crippen LogP contribution in [0.1, 0.15) is 34.6 Å². The number of hydrogen-bond acceptors (Lipinski definition) is 4. The third-order valence-corrected chi connectivity index (χ3v) is 3.84. The van der Waals surface area contributed by atoms with Crippen molar-refractivity contribution in [3.63, 3.8) is 0 Å². The molecule has 3 rings (SSSR count). The molecule has 5 heteroatoms.